The van der Waals surface area contributed by atoms with Gasteiger partial charge in [-0.2, -0.15) is 5.01 Å². The molecule has 14 heteroatoms. The van der Waals surface area contributed by atoms with Crippen LogP contribution in [-0.4, -0.2) is 46.3 Å². The van der Waals surface area contributed by atoms with E-state index in [0.717, 1.165) is 24.5 Å². The number of sulfone groups is 1. The third kappa shape index (κ3) is 2.97. The van der Waals surface area contributed by atoms with Gasteiger partial charge in [-0.3, -0.25) is 19.2 Å². The standard InChI is InChI=1S/C14H13N5O7S2/c1-28(25,26)5-2-6-10-7(3-5)12(20)19(18-14(22)17-16)13(21)8(10)4-9(11(6)15)27(23)24/h2-4H,15-16H2,1H3,(H,23,24)(H2,17,18,22)/p-1. The molecule has 1 heterocycles. The van der Waals surface area contributed by atoms with Gasteiger partial charge in [-0.05, 0) is 29.3 Å². The maximum Gasteiger partial charge on any atom is 0.348 e. The third-order valence-electron chi connectivity index (χ3n) is 4.03. The van der Waals surface area contributed by atoms with Gasteiger partial charge in [0, 0.05) is 21.9 Å². The summed E-state index contributed by atoms with van der Waals surface area (Å²) in [5, 5.41) is 0.165. The molecule has 1 atom stereocenters. The van der Waals surface area contributed by atoms with E-state index in [1.807, 2.05) is 5.43 Å². The smallest absolute Gasteiger partial charge is 0.348 e. The van der Waals surface area contributed by atoms with E-state index < -0.39 is 43.7 Å². The minimum atomic E-state index is -3.83. The van der Waals surface area contributed by atoms with Gasteiger partial charge in [-0.25, -0.2) is 24.5 Å². The van der Waals surface area contributed by atoms with Gasteiger partial charge >= 0.3 is 6.03 Å². The number of nitrogen functional groups attached to an aromatic ring is 1. The lowest BCUT2D eigenvalue weighted by Gasteiger charge is -2.28. The molecule has 0 fully saturated rings. The largest absolute Gasteiger partial charge is 0.768 e. The van der Waals surface area contributed by atoms with E-state index >= 15 is 0 Å². The first-order valence-electron chi connectivity index (χ1n) is 7.33. The minimum Gasteiger partial charge on any atom is -0.768 e. The summed E-state index contributed by atoms with van der Waals surface area (Å²) in [4.78, 5) is 36.1. The fourth-order valence-electron chi connectivity index (χ4n) is 2.79. The van der Waals surface area contributed by atoms with Crippen LogP contribution in [0, 0.1) is 0 Å². The van der Waals surface area contributed by atoms with E-state index in [1.54, 1.807) is 5.43 Å². The molecule has 28 heavy (non-hydrogen) atoms. The Bertz CT molecular complexity index is 1210. The van der Waals surface area contributed by atoms with Gasteiger partial charge in [-0.15, -0.1) is 0 Å². The number of hydrazine groups is 2. The highest BCUT2D eigenvalue weighted by Gasteiger charge is 2.36. The summed E-state index contributed by atoms with van der Waals surface area (Å²) in [6.07, 6.45) is 0.879. The quantitative estimate of drug-likeness (QED) is 0.115. The maximum atomic E-state index is 12.7. The Morgan fingerprint density at radius 1 is 1.18 bits per heavy atom. The Morgan fingerprint density at radius 2 is 1.75 bits per heavy atom. The normalized spacial score (nSPS) is 14.9. The highest BCUT2D eigenvalue weighted by atomic mass is 32.2. The summed E-state index contributed by atoms with van der Waals surface area (Å²) in [6, 6.07) is 1.93. The second kappa shape index (κ2) is 6.52. The SMILES string of the molecule is CS(=O)(=O)c1cc2c3c(cc(S(=O)[O-])c(N)c3c1)C(=O)N(NC(=O)NN)C2=O. The number of carbonyl (C=O) groups is 3. The molecule has 0 aliphatic carbocycles. The Hall–Kier alpha value is -3.07. The van der Waals surface area contributed by atoms with Crippen molar-refractivity contribution in [3.8, 4) is 0 Å². The summed E-state index contributed by atoms with van der Waals surface area (Å²) in [5.74, 6) is 2.83. The van der Waals surface area contributed by atoms with Gasteiger partial charge in [0.15, 0.2) is 9.84 Å². The molecular weight excluding hydrogens is 414 g/mol. The Kier molecular flexibility index (Phi) is 4.58. The van der Waals surface area contributed by atoms with Crippen LogP contribution in [0.15, 0.2) is 28.0 Å². The zero-order valence-electron chi connectivity index (χ0n) is 14.0. The molecule has 3 rings (SSSR count). The van der Waals surface area contributed by atoms with Crippen LogP contribution in [0.1, 0.15) is 20.7 Å². The number of amides is 4. The number of nitrogens with two attached hydrogens (primary N) is 2. The fourth-order valence-corrected chi connectivity index (χ4v) is 3.96. The van der Waals surface area contributed by atoms with Crippen LogP contribution >= 0.6 is 0 Å². The van der Waals surface area contributed by atoms with Gasteiger partial charge in [-0.1, -0.05) is 0 Å². The molecule has 0 spiro atoms. The Balaban J connectivity index is 2.45. The van der Waals surface area contributed by atoms with Crippen LogP contribution in [0.25, 0.3) is 10.8 Å². The molecule has 6 N–H and O–H groups in total. The van der Waals surface area contributed by atoms with Gasteiger partial charge in [0.25, 0.3) is 11.8 Å². The number of rotatable bonds is 3. The van der Waals surface area contributed by atoms with Gasteiger partial charge in [0.05, 0.1) is 21.7 Å². The molecule has 1 unspecified atom stereocenters. The second-order valence-corrected chi connectivity index (χ2v) is 8.69. The van der Waals surface area contributed by atoms with E-state index in [9.17, 15) is 31.6 Å². The van der Waals surface area contributed by atoms with Crippen molar-refractivity contribution in [1.29, 1.82) is 0 Å². The zero-order valence-corrected chi connectivity index (χ0v) is 15.6. The third-order valence-corrected chi connectivity index (χ3v) is 5.82. The first-order valence-corrected chi connectivity index (χ1v) is 10.3. The molecule has 148 valence electrons. The van der Waals surface area contributed by atoms with Crippen molar-refractivity contribution in [2.24, 2.45) is 5.84 Å². The van der Waals surface area contributed by atoms with E-state index in [2.05, 4.69) is 0 Å². The van der Waals surface area contributed by atoms with Crippen LogP contribution in [0.4, 0.5) is 10.5 Å². The maximum absolute atomic E-state index is 12.7. The molecule has 0 radical (unpaired) electrons. The summed E-state index contributed by atoms with van der Waals surface area (Å²) < 4.78 is 47.0. The Morgan fingerprint density at radius 3 is 2.25 bits per heavy atom. The molecule has 0 aromatic heterocycles. The van der Waals surface area contributed by atoms with Crippen molar-refractivity contribution in [3.05, 3.63) is 29.3 Å². The average Bonchev–Trinajstić information content (AvgIpc) is 2.62. The van der Waals surface area contributed by atoms with E-state index in [4.69, 9.17) is 11.6 Å². The number of carbonyl (C=O) groups excluding carboxylic acids is 3. The fraction of sp³-hybridized carbons (Fsp3) is 0.0714. The van der Waals surface area contributed by atoms with Crippen LogP contribution in [0.3, 0.4) is 0 Å². The highest BCUT2D eigenvalue weighted by molar-refractivity contribution is 7.90. The topological polar surface area (TPSA) is 205 Å². The molecule has 1 aliphatic rings. The lowest BCUT2D eigenvalue weighted by molar-refractivity contribution is 0.0541. The van der Waals surface area contributed by atoms with Crippen LogP contribution in [0.5, 0.6) is 0 Å². The van der Waals surface area contributed by atoms with Crippen molar-refractivity contribution in [2.75, 3.05) is 12.0 Å². The molecule has 1 aliphatic heterocycles. The predicted octanol–water partition coefficient (Wildman–Crippen LogP) is -1.25. The molecule has 2 aromatic carbocycles. The molecular formula is C14H12N5O7S2-. The molecule has 2 aromatic rings. The van der Waals surface area contributed by atoms with E-state index in [-0.39, 0.29) is 32.5 Å². The van der Waals surface area contributed by atoms with Gasteiger partial charge in [0.2, 0.25) is 0 Å². The molecule has 4 amide bonds. The zero-order chi connectivity index (χ0) is 21.0. The van der Waals surface area contributed by atoms with E-state index in [0.29, 0.717) is 5.01 Å². The summed E-state index contributed by atoms with van der Waals surface area (Å²) in [5.41, 5.74) is 8.57. The first kappa shape index (κ1) is 19.7. The first-order chi connectivity index (χ1) is 13.0. The van der Waals surface area contributed by atoms with Crippen LogP contribution in [-0.2, 0) is 20.9 Å². The summed E-state index contributed by atoms with van der Waals surface area (Å²) in [6.45, 7) is 0. The number of nitrogens with zero attached hydrogens (tertiary/aromatic N) is 1. The second-order valence-electron chi connectivity index (χ2n) is 5.77. The van der Waals surface area contributed by atoms with Gasteiger partial charge < -0.3 is 10.3 Å². The number of nitrogens with one attached hydrogen (secondary N) is 2. The van der Waals surface area contributed by atoms with Crippen molar-refractivity contribution >= 4 is 55.2 Å². The average molecular weight is 426 g/mol. The lowest BCUT2D eigenvalue weighted by Crippen LogP contribution is -2.55. The predicted molar refractivity (Wildman–Crippen MR) is 95.0 cm³/mol. The lowest BCUT2D eigenvalue weighted by atomic mass is 9.93. The van der Waals surface area contributed by atoms with Crippen molar-refractivity contribution in [1.82, 2.24) is 15.9 Å². The molecule has 0 bridgehead atoms. The van der Waals surface area contributed by atoms with Crippen LogP contribution < -0.4 is 22.4 Å². The van der Waals surface area contributed by atoms with Crippen molar-refractivity contribution in [2.45, 2.75) is 9.79 Å². The molecule has 12 nitrogen and oxygen atoms in total. The monoisotopic (exact) mass is 426 g/mol. The highest BCUT2D eigenvalue weighted by Crippen LogP contribution is 2.38. The molecule has 0 saturated heterocycles. The number of benzene rings is 2. The van der Waals surface area contributed by atoms with Crippen LogP contribution in [0.2, 0.25) is 0 Å². The Labute approximate surface area is 160 Å². The number of urea groups is 1. The van der Waals surface area contributed by atoms with E-state index in [1.165, 1.54) is 0 Å². The number of anilines is 1. The summed E-state index contributed by atoms with van der Waals surface area (Å²) in [7, 11) is -3.83. The summed E-state index contributed by atoms with van der Waals surface area (Å²) >= 11 is -2.87. The number of imide groups is 1. The minimum absolute atomic E-state index is 0.0275. The van der Waals surface area contributed by atoms with Crippen molar-refractivity contribution < 1.29 is 31.6 Å². The number of hydrogen-bond donors (Lipinski definition) is 4. The number of hydrogen-bond acceptors (Lipinski definition) is 9. The molecule has 0 saturated carbocycles. The van der Waals surface area contributed by atoms with Crippen molar-refractivity contribution in [3.63, 3.8) is 0 Å². The van der Waals surface area contributed by atoms with Gasteiger partial charge in [0.1, 0.15) is 0 Å².